The number of hydrogen-bond acceptors (Lipinski definition) is 10. The molecule has 0 saturated carbocycles. The summed E-state index contributed by atoms with van der Waals surface area (Å²) in [6, 6.07) is 0.622. The van der Waals surface area contributed by atoms with Crippen molar-refractivity contribution < 1.29 is 24.5 Å². The number of ether oxygens (including phenoxy) is 1. The van der Waals surface area contributed by atoms with Crippen molar-refractivity contribution in [1.29, 1.82) is 0 Å². The van der Waals surface area contributed by atoms with Crippen LogP contribution in [0, 0.1) is 0 Å². The van der Waals surface area contributed by atoms with Gasteiger partial charge in [-0.15, -0.1) is 0 Å². The number of carbonyl (C=O) groups is 2. The highest BCUT2D eigenvalue weighted by molar-refractivity contribution is 5.96. The maximum Gasteiger partial charge on any atom is 0.252 e. The molecule has 11 heteroatoms. The third-order valence-corrected chi connectivity index (χ3v) is 6.58. The molecule has 36 heavy (non-hydrogen) atoms. The highest BCUT2D eigenvalue weighted by Crippen LogP contribution is 2.23. The van der Waals surface area contributed by atoms with E-state index in [1.807, 2.05) is 0 Å². The van der Waals surface area contributed by atoms with Gasteiger partial charge in [-0.05, 0) is 25.7 Å². The average molecular weight is 519 g/mol. The molecule has 0 aromatic heterocycles. The van der Waals surface area contributed by atoms with Crippen LogP contribution in [0.1, 0.15) is 53.4 Å². The van der Waals surface area contributed by atoms with E-state index >= 15 is 0 Å². The van der Waals surface area contributed by atoms with Gasteiger partial charge in [0.05, 0.1) is 0 Å². The number of hydrogen-bond donors (Lipinski definition) is 8. The number of aliphatic hydroxyl groups is 2. The molecule has 0 aliphatic rings. The number of amides is 1. The Morgan fingerprint density at radius 1 is 0.694 bits per heavy atom. The second-order valence-electron chi connectivity index (χ2n) is 8.92. The minimum absolute atomic E-state index is 0.273. The molecule has 0 aromatic rings. The maximum atomic E-state index is 12.5. The van der Waals surface area contributed by atoms with Gasteiger partial charge < -0.3 is 46.9 Å². The number of ketones is 1. The third kappa shape index (κ3) is 13.9. The van der Waals surface area contributed by atoms with Crippen molar-refractivity contribution in [2.45, 2.75) is 77.2 Å². The predicted octanol–water partition coefficient (Wildman–Crippen LogP) is -1.26. The summed E-state index contributed by atoms with van der Waals surface area (Å²) in [6.45, 7) is 15.9. The molecule has 0 unspecified atom stereocenters. The molecule has 8 N–H and O–H groups in total. The molecule has 2 atom stereocenters. The molecule has 0 heterocycles. The molecule has 0 aromatic carbocycles. The molecule has 0 aliphatic heterocycles. The lowest BCUT2D eigenvalue weighted by molar-refractivity contribution is -0.160. The molecular weight excluding hydrogens is 464 g/mol. The Morgan fingerprint density at radius 3 is 1.50 bits per heavy atom. The molecular formula is C25H54N6O5. The van der Waals surface area contributed by atoms with Crippen molar-refractivity contribution in [2.24, 2.45) is 0 Å². The van der Waals surface area contributed by atoms with E-state index in [1.165, 1.54) is 20.0 Å². The zero-order valence-corrected chi connectivity index (χ0v) is 23.3. The van der Waals surface area contributed by atoms with Crippen LogP contribution in [-0.2, 0) is 14.3 Å². The number of aliphatic hydroxyl groups excluding tert-OH is 2. The van der Waals surface area contributed by atoms with Crippen molar-refractivity contribution in [3.63, 3.8) is 0 Å². The van der Waals surface area contributed by atoms with Crippen LogP contribution < -0.4 is 31.9 Å². The summed E-state index contributed by atoms with van der Waals surface area (Å²) < 4.78 is 5.28. The molecule has 0 fully saturated rings. The van der Waals surface area contributed by atoms with Crippen LogP contribution in [-0.4, -0.2) is 118 Å². The van der Waals surface area contributed by atoms with E-state index in [0.717, 1.165) is 52.4 Å². The summed E-state index contributed by atoms with van der Waals surface area (Å²) in [7, 11) is 1.38. The third-order valence-electron chi connectivity index (χ3n) is 6.58. The van der Waals surface area contributed by atoms with Crippen molar-refractivity contribution in [3.05, 3.63) is 0 Å². The first-order valence-electron chi connectivity index (χ1n) is 13.6. The van der Waals surface area contributed by atoms with Crippen LogP contribution in [0.3, 0.4) is 0 Å². The fourth-order valence-corrected chi connectivity index (χ4v) is 3.90. The standard InChI is InChI=1S/C25H54N6O5/c1-6-20(7-2)30-18-16-28-14-12-26-10-11-27-13-15-29-17-19-31-24(35)22(33)21(32)23(34)25(8-3,9-4)36-5/h20-22,26-30,32-33H,6-19H2,1-5H3,(H,31,35)/t21-,22-/m1/s1. The fraction of sp³-hybridized carbons (Fsp3) is 0.920. The van der Waals surface area contributed by atoms with E-state index in [4.69, 9.17) is 4.74 Å². The monoisotopic (exact) mass is 518 g/mol. The van der Waals surface area contributed by atoms with Crippen molar-refractivity contribution in [2.75, 3.05) is 72.6 Å². The van der Waals surface area contributed by atoms with E-state index in [2.05, 4.69) is 45.7 Å². The molecule has 214 valence electrons. The van der Waals surface area contributed by atoms with Gasteiger partial charge in [0.2, 0.25) is 0 Å². The Labute approximate surface area is 218 Å². The zero-order valence-electron chi connectivity index (χ0n) is 23.3. The summed E-state index contributed by atoms with van der Waals surface area (Å²) >= 11 is 0. The smallest absolute Gasteiger partial charge is 0.252 e. The van der Waals surface area contributed by atoms with Crippen LogP contribution in [0.2, 0.25) is 0 Å². The van der Waals surface area contributed by atoms with Crippen LogP contribution in [0.5, 0.6) is 0 Å². The van der Waals surface area contributed by atoms with Gasteiger partial charge in [-0.3, -0.25) is 9.59 Å². The predicted molar refractivity (Wildman–Crippen MR) is 144 cm³/mol. The molecule has 1 amide bonds. The van der Waals surface area contributed by atoms with E-state index in [-0.39, 0.29) is 6.54 Å². The summed E-state index contributed by atoms with van der Waals surface area (Å²) in [5.74, 6) is -1.46. The Balaban J connectivity index is 3.70. The second kappa shape index (κ2) is 21.9. The van der Waals surface area contributed by atoms with Gasteiger partial charge in [-0.1, -0.05) is 27.7 Å². The molecule has 11 nitrogen and oxygen atoms in total. The van der Waals surface area contributed by atoms with Gasteiger partial charge in [0.25, 0.3) is 5.91 Å². The highest BCUT2D eigenvalue weighted by Gasteiger charge is 2.43. The molecule has 0 bridgehead atoms. The number of Topliss-reactive ketones (excluding diaryl/α,β-unsaturated/α-hetero) is 1. The summed E-state index contributed by atoms with van der Waals surface area (Å²) in [4.78, 5) is 24.6. The average Bonchev–Trinajstić information content (AvgIpc) is 2.90. The first-order chi connectivity index (χ1) is 17.3. The van der Waals surface area contributed by atoms with E-state index in [9.17, 15) is 19.8 Å². The molecule has 0 rings (SSSR count). The van der Waals surface area contributed by atoms with Crippen molar-refractivity contribution >= 4 is 11.7 Å². The first kappa shape index (κ1) is 34.8. The maximum absolute atomic E-state index is 12.5. The Kier molecular flexibility index (Phi) is 21.1. The largest absolute Gasteiger partial charge is 0.382 e. The number of rotatable bonds is 25. The zero-order chi connectivity index (χ0) is 27.2. The van der Waals surface area contributed by atoms with E-state index in [1.54, 1.807) is 13.8 Å². The SMILES string of the molecule is CCC(CC)NCCNCCNCCNCCNCCNC(=O)[C@H](O)[C@@H](O)C(=O)C(CC)(CC)OC. The van der Waals surface area contributed by atoms with Gasteiger partial charge in [0, 0.05) is 78.6 Å². The Morgan fingerprint density at radius 2 is 1.11 bits per heavy atom. The second-order valence-corrected chi connectivity index (χ2v) is 8.92. The van der Waals surface area contributed by atoms with Crippen molar-refractivity contribution in [3.8, 4) is 0 Å². The Bertz CT molecular complexity index is 553. The van der Waals surface area contributed by atoms with Crippen LogP contribution in [0.25, 0.3) is 0 Å². The summed E-state index contributed by atoms with van der Waals surface area (Å²) in [5.41, 5.74) is -1.20. The summed E-state index contributed by atoms with van der Waals surface area (Å²) in [5, 5.41) is 39.6. The van der Waals surface area contributed by atoms with Gasteiger partial charge in [-0.2, -0.15) is 0 Å². The van der Waals surface area contributed by atoms with Crippen LogP contribution in [0.15, 0.2) is 0 Å². The first-order valence-corrected chi connectivity index (χ1v) is 13.6. The topological polar surface area (TPSA) is 156 Å². The van der Waals surface area contributed by atoms with E-state index < -0.39 is 29.5 Å². The molecule has 0 radical (unpaired) electrons. The molecule has 0 spiro atoms. The Hall–Kier alpha value is -1.18. The van der Waals surface area contributed by atoms with Gasteiger partial charge >= 0.3 is 0 Å². The lowest BCUT2D eigenvalue weighted by atomic mass is 9.87. The van der Waals surface area contributed by atoms with Crippen LogP contribution >= 0.6 is 0 Å². The molecule has 0 saturated heterocycles. The molecule has 0 aliphatic carbocycles. The lowest BCUT2D eigenvalue weighted by Gasteiger charge is -2.31. The van der Waals surface area contributed by atoms with E-state index in [0.29, 0.717) is 25.4 Å². The number of carbonyl (C=O) groups excluding carboxylic acids is 2. The van der Waals surface area contributed by atoms with Gasteiger partial charge in [-0.25, -0.2) is 0 Å². The normalized spacial score (nSPS) is 13.7. The number of nitrogens with one attached hydrogen (secondary N) is 6. The fourth-order valence-electron chi connectivity index (χ4n) is 3.90. The van der Waals surface area contributed by atoms with Crippen LogP contribution in [0.4, 0.5) is 0 Å². The quantitative estimate of drug-likeness (QED) is 0.0686. The summed E-state index contributed by atoms with van der Waals surface area (Å²) in [6.07, 6.45) is -0.644. The van der Waals surface area contributed by atoms with Gasteiger partial charge in [0.1, 0.15) is 5.60 Å². The van der Waals surface area contributed by atoms with Gasteiger partial charge in [0.15, 0.2) is 18.0 Å². The van der Waals surface area contributed by atoms with Crippen molar-refractivity contribution in [1.82, 2.24) is 31.9 Å². The minimum Gasteiger partial charge on any atom is -0.382 e. The highest BCUT2D eigenvalue weighted by atomic mass is 16.5. The lowest BCUT2D eigenvalue weighted by Crippen LogP contribution is -2.54. The minimum atomic E-state index is -1.83. The number of methoxy groups -OCH3 is 1.